The van der Waals surface area contributed by atoms with Gasteiger partial charge in [0.05, 0.1) is 0 Å². The second-order valence-corrected chi connectivity index (χ2v) is 4.20. The fourth-order valence-electron chi connectivity index (χ4n) is 1.75. The molecular formula is C10H14O5. The first kappa shape index (κ1) is 10.6. The summed E-state index contributed by atoms with van der Waals surface area (Å²) in [5.74, 6) is -0.412. The van der Waals surface area contributed by atoms with Gasteiger partial charge in [0, 0.05) is 6.92 Å². The van der Waals surface area contributed by atoms with Crippen molar-refractivity contribution in [1.82, 2.24) is 0 Å². The summed E-state index contributed by atoms with van der Waals surface area (Å²) in [6, 6.07) is 0. The van der Waals surface area contributed by atoms with Crippen LogP contribution in [0.25, 0.3) is 0 Å². The summed E-state index contributed by atoms with van der Waals surface area (Å²) >= 11 is 0. The molecule has 5 nitrogen and oxygen atoms in total. The lowest BCUT2D eigenvalue weighted by molar-refractivity contribution is -0.202. The zero-order chi connectivity index (χ0) is 11.2. The maximum Gasteiger partial charge on any atom is 0.305 e. The van der Waals surface area contributed by atoms with Crippen molar-refractivity contribution in [3.63, 3.8) is 0 Å². The monoisotopic (exact) mass is 214 g/mol. The van der Waals surface area contributed by atoms with E-state index in [0.29, 0.717) is 0 Å². The van der Waals surface area contributed by atoms with Gasteiger partial charge in [-0.05, 0) is 5.92 Å². The number of carbonyl (C=O) groups excluding carboxylic acids is 2. The van der Waals surface area contributed by atoms with Gasteiger partial charge in [0.1, 0.15) is 6.10 Å². The highest BCUT2D eigenvalue weighted by Gasteiger charge is 2.59. The Bertz CT molecular complexity index is 298. The van der Waals surface area contributed by atoms with E-state index in [2.05, 4.69) is 0 Å². The molecule has 0 saturated carbocycles. The molecule has 84 valence electrons. The van der Waals surface area contributed by atoms with Crippen molar-refractivity contribution < 1.29 is 23.8 Å². The van der Waals surface area contributed by atoms with E-state index in [1.54, 1.807) is 0 Å². The van der Waals surface area contributed by atoms with Gasteiger partial charge in [-0.1, -0.05) is 13.8 Å². The first-order valence-electron chi connectivity index (χ1n) is 5.02. The zero-order valence-electron chi connectivity index (χ0n) is 8.93. The Kier molecular flexibility index (Phi) is 2.52. The van der Waals surface area contributed by atoms with Crippen LogP contribution in [0.2, 0.25) is 0 Å². The number of hydrogen-bond acceptors (Lipinski definition) is 5. The molecule has 0 N–H and O–H groups in total. The normalized spacial score (nSPS) is 38.8. The molecule has 0 aromatic carbocycles. The highest BCUT2D eigenvalue weighted by molar-refractivity contribution is 5.91. The van der Waals surface area contributed by atoms with E-state index in [1.165, 1.54) is 6.92 Å². The highest BCUT2D eigenvalue weighted by atomic mass is 16.8. The van der Waals surface area contributed by atoms with Crippen molar-refractivity contribution in [2.75, 3.05) is 0 Å². The van der Waals surface area contributed by atoms with Crippen LogP contribution < -0.4 is 0 Å². The molecule has 4 unspecified atom stereocenters. The maximum atomic E-state index is 11.6. The van der Waals surface area contributed by atoms with Gasteiger partial charge in [-0.3, -0.25) is 9.59 Å². The third kappa shape index (κ3) is 1.89. The molecule has 4 atom stereocenters. The van der Waals surface area contributed by atoms with Gasteiger partial charge in [-0.25, -0.2) is 0 Å². The molecule has 0 spiro atoms. The van der Waals surface area contributed by atoms with Gasteiger partial charge in [0.25, 0.3) is 0 Å². The fourth-order valence-corrected chi connectivity index (χ4v) is 1.75. The maximum absolute atomic E-state index is 11.6. The van der Waals surface area contributed by atoms with Gasteiger partial charge in [-0.2, -0.15) is 0 Å². The highest BCUT2D eigenvalue weighted by Crippen LogP contribution is 2.37. The van der Waals surface area contributed by atoms with E-state index in [0.717, 1.165) is 0 Å². The molecule has 0 aromatic heterocycles. The van der Waals surface area contributed by atoms with Crippen LogP contribution >= 0.6 is 0 Å². The molecule has 0 aromatic rings. The molecule has 0 amide bonds. The van der Waals surface area contributed by atoms with Crippen LogP contribution in [0.3, 0.4) is 0 Å². The standard InChI is InChI=1S/C10H14O5/c1-4(2)7-6(12)8-9(14-8)10(15-7)13-5(3)11/h4,7-10H,1-3H3. The average Bonchev–Trinajstić information content (AvgIpc) is 2.88. The van der Waals surface area contributed by atoms with Crippen molar-refractivity contribution in [3.8, 4) is 0 Å². The van der Waals surface area contributed by atoms with Crippen molar-refractivity contribution >= 4 is 11.8 Å². The Morgan fingerprint density at radius 1 is 1.40 bits per heavy atom. The minimum atomic E-state index is -0.724. The number of ether oxygens (including phenoxy) is 3. The number of fused-ring (bicyclic) bond motifs is 1. The Morgan fingerprint density at radius 3 is 2.60 bits per heavy atom. The molecule has 0 aliphatic carbocycles. The van der Waals surface area contributed by atoms with Gasteiger partial charge in [0.15, 0.2) is 18.0 Å². The summed E-state index contributed by atoms with van der Waals surface area (Å²) in [5, 5.41) is 0. The lowest BCUT2D eigenvalue weighted by Gasteiger charge is -2.27. The lowest BCUT2D eigenvalue weighted by Crippen LogP contribution is -2.45. The largest absolute Gasteiger partial charge is 0.433 e. The number of ketones is 1. The van der Waals surface area contributed by atoms with Crippen LogP contribution in [0.1, 0.15) is 20.8 Å². The minimum absolute atomic E-state index is 0.0431. The first-order chi connectivity index (χ1) is 7.00. The van der Waals surface area contributed by atoms with Crippen LogP contribution in [-0.4, -0.2) is 36.4 Å². The number of rotatable bonds is 2. The van der Waals surface area contributed by atoms with Crippen molar-refractivity contribution in [2.24, 2.45) is 5.92 Å². The summed E-state index contributed by atoms with van der Waals surface area (Å²) in [4.78, 5) is 22.4. The smallest absolute Gasteiger partial charge is 0.305 e. The third-order valence-corrected chi connectivity index (χ3v) is 2.52. The summed E-state index contributed by atoms with van der Waals surface area (Å²) in [5.41, 5.74) is 0. The van der Waals surface area contributed by atoms with Crippen LogP contribution in [0.15, 0.2) is 0 Å². The van der Waals surface area contributed by atoms with Gasteiger partial charge in [0.2, 0.25) is 6.29 Å². The van der Waals surface area contributed by atoms with Crippen molar-refractivity contribution in [1.29, 1.82) is 0 Å². The molecule has 2 aliphatic rings. The van der Waals surface area contributed by atoms with Gasteiger partial charge in [-0.15, -0.1) is 0 Å². The van der Waals surface area contributed by atoms with E-state index in [-0.39, 0.29) is 11.7 Å². The molecule has 2 rings (SSSR count). The number of epoxide rings is 1. The molecule has 2 aliphatic heterocycles. The van der Waals surface area contributed by atoms with Gasteiger partial charge >= 0.3 is 5.97 Å². The van der Waals surface area contributed by atoms with E-state index in [9.17, 15) is 9.59 Å². The average molecular weight is 214 g/mol. The number of Topliss-reactive ketones (excluding diaryl/α,β-unsaturated/α-hetero) is 1. The number of carbonyl (C=O) groups is 2. The van der Waals surface area contributed by atoms with Crippen molar-refractivity contribution in [2.45, 2.75) is 45.4 Å². The molecule has 0 bridgehead atoms. The molecule has 15 heavy (non-hydrogen) atoms. The molecule has 5 heteroatoms. The first-order valence-corrected chi connectivity index (χ1v) is 5.02. The zero-order valence-corrected chi connectivity index (χ0v) is 8.93. The summed E-state index contributed by atoms with van der Waals surface area (Å²) in [6.45, 7) is 5.08. The lowest BCUT2D eigenvalue weighted by atomic mass is 9.97. The SMILES string of the molecule is CC(=O)OC1OC(C(C)C)C(=O)C2OC12. The fraction of sp³-hybridized carbons (Fsp3) is 0.800. The Morgan fingerprint density at radius 2 is 2.07 bits per heavy atom. The second kappa shape index (κ2) is 3.57. The predicted molar refractivity (Wildman–Crippen MR) is 48.9 cm³/mol. The second-order valence-electron chi connectivity index (χ2n) is 4.20. The molecule has 0 radical (unpaired) electrons. The van der Waals surface area contributed by atoms with E-state index < -0.39 is 30.6 Å². The third-order valence-electron chi connectivity index (χ3n) is 2.52. The number of hydrogen-bond donors (Lipinski definition) is 0. The van der Waals surface area contributed by atoms with Gasteiger partial charge < -0.3 is 14.2 Å². The summed E-state index contributed by atoms with van der Waals surface area (Å²) in [6.07, 6.45) is -2.08. The van der Waals surface area contributed by atoms with Crippen LogP contribution in [0.4, 0.5) is 0 Å². The van der Waals surface area contributed by atoms with E-state index >= 15 is 0 Å². The van der Waals surface area contributed by atoms with Crippen LogP contribution in [0, 0.1) is 5.92 Å². The molecule has 2 fully saturated rings. The number of esters is 1. The van der Waals surface area contributed by atoms with E-state index in [4.69, 9.17) is 14.2 Å². The molecule has 2 saturated heterocycles. The Balaban J connectivity index is 2.05. The van der Waals surface area contributed by atoms with Crippen molar-refractivity contribution in [3.05, 3.63) is 0 Å². The quantitative estimate of drug-likeness (QED) is 0.487. The minimum Gasteiger partial charge on any atom is -0.433 e. The molecule has 2 heterocycles. The topological polar surface area (TPSA) is 65.1 Å². The predicted octanol–water partition coefficient (Wildman–Crippen LogP) is 0.267. The van der Waals surface area contributed by atoms with Crippen LogP contribution in [-0.2, 0) is 23.8 Å². The summed E-state index contributed by atoms with van der Waals surface area (Å²) in [7, 11) is 0. The Labute approximate surface area is 87.7 Å². The molecular weight excluding hydrogens is 200 g/mol. The van der Waals surface area contributed by atoms with E-state index in [1.807, 2.05) is 13.8 Å². The summed E-state index contributed by atoms with van der Waals surface area (Å²) < 4.78 is 15.5. The van der Waals surface area contributed by atoms with Crippen LogP contribution in [0.5, 0.6) is 0 Å². The Hall–Kier alpha value is -0.940.